The van der Waals surface area contributed by atoms with Gasteiger partial charge in [0, 0.05) is 20.6 Å². The number of nitrogens with one attached hydrogen (secondary N) is 2. The summed E-state index contributed by atoms with van der Waals surface area (Å²) in [6.45, 7) is 5.37. The lowest BCUT2D eigenvalue weighted by molar-refractivity contribution is -0.138. The van der Waals surface area contributed by atoms with E-state index in [-0.39, 0.29) is 41.8 Å². The molecule has 1 aromatic carbocycles. The van der Waals surface area contributed by atoms with Crippen molar-refractivity contribution in [2.45, 2.75) is 39.1 Å². The second kappa shape index (κ2) is 8.60. The van der Waals surface area contributed by atoms with E-state index in [0.29, 0.717) is 5.96 Å². The van der Waals surface area contributed by atoms with Crippen LogP contribution >= 0.6 is 24.0 Å². The number of ether oxygens (including phenoxy) is 1. The molecule has 0 spiro atoms. The number of nitrogens with zero attached hydrogens (tertiary/aromatic N) is 1. The highest BCUT2D eigenvalue weighted by Gasteiger charge is 2.34. The Bertz CT molecular complexity index is 540. The molecule has 0 aliphatic heterocycles. The maximum absolute atomic E-state index is 13.2. The number of hydrogen-bond donors (Lipinski definition) is 2. The molecule has 0 fully saturated rings. The second-order valence-electron chi connectivity index (χ2n) is 5.71. The number of aliphatic imine (C=N–C) groups is 1. The van der Waals surface area contributed by atoms with Crippen molar-refractivity contribution >= 4 is 29.9 Å². The Morgan fingerprint density at radius 2 is 1.83 bits per heavy atom. The van der Waals surface area contributed by atoms with E-state index in [2.05, 4.69) is 15.6 Å². The molecule has 0 unspecified atom stereocenters. The summed E-state index contributed by atoms with van der Waals surface area (Å²) in [5.74, 6) is 0.615. The van der Waals surface area contributed by atoms with Gasteiger partial charge in [0.2, 0.25) is 0 Å². The fraction of sp³-hybridized carbons (Fsp3) is 0.533. The zero-order valence-corrected chi connectivity index (χ0v) is 16.2. The summed E-state index contributed by atoms with van der Waals surface area (Å²) >= 11 is 0. The average molecular weight is 445 g/mol. The molecule has 1 aromatic rings. The van der Waals surface area contributed by atoms with E-state index in [1.807, 2.05) is 0 Å². The molecule has 23 heavy (non-hydrogen) atoms. The van der Waals surface area contributed by atoms with Gasteiger partial charge in [0.15, 0.2) is 5.96 Å². The van der Waals surface area contributed by atoms with E-state index >= 15 is 0 Å². The molecule has 0 amide bonds. The van der Waals surface area contributed by atoms with Gasteiger partial charge in [-0.2, -0.15) is 13.2 Å². The zero-order valence-electron chi connectivity index (χ0n) is 13.8. The average Bonchev–Trinajstić information content (AvgIpc) is 2.38. The summed E-state index contributed by atoms with van der Waals surface area (Å²) in [6, 6.07) is 3.99. The number of halogens is 4. The molecule has 132 valence electrons. The minimum Gasteiger partial charge on any atom is -0.488 e. The summed E-state index contributed by atoms with van der Waals surface area (Å²) < 4.78 is 45.2. The summed E-state index contributed by atoms with van der Waals surface area (Å²) in [7, 11) is 3.18. The number of rotatable bonds is 3. The Hall–Kier alpha value is -1.19. The number of benzene rings is 1. The van der Waals surface area contributed by atoms with Crippen molar-refractivity contribution in [2.75, 3.05) is 14.1 Å². The first kappa shape index (κ1) is 21.8. The lowest BCUT2D eigenvalue weighted by atomic mass is 10.1. The second-order valence-corrected chi connectivity index (χ2v) is 5.71. The first-order chi connectivity index (χ1) is 10.1. The van der Waals surface area contributed by atoms with Crippen molar-refractivity contribution in [1.29, 1.82) is 0 Å². The Kier molecular flexibility index (Phi) is 8.16. The van der Waals surface area contributed by atoms with E-state index < -0.39 is 17.3 Å². The van der Waals surface area contributed by atoms with Gasteiger partial charge in [-0.25, -0.2) is 0 Å². The first-order valence-corrected chi connectivity index (χ1v) is 6.84. The number of guanidine groups is 1. The van der Waals surface area contributed by atoms with Crippen molar-refractivity contribution in [2.24, 2.45) is 4.99 Å². The molecule has 0 radical (unpaired) electrons. The van der Waals surface area contributed by atoms with Gasteiger partial charge in [-0.05, 0) is 38.5 Å². The van der Waals surface area contributed by atoms with Crippen LogP contribution in [0.2, 0.25) is 0 Å². The fourth-order valence-corrected chi connectivity index (χ4v) is 1.85. The lowest BCUT2D eigenvalue weighted by Gasteiger charge is -2.23. The molecule has 1 rings (SSSR count). The molecule has 4 nitrogen and oxygen atoms in total. The predicted octanol–water partition coefficient (Wildman–Crippen LogP) is 3.80. The topological polar surface area (TPSA) is 45.7 Å². The van der Waals surface area contributed by atoms with Crippen molar-refractivity contribution in [3.05, 3.63) is 29.3 Å². The highest BCUT2D eigenvalue weighted by atomic mass is 127. The third-order valence-corrected chi connectivity index (χ3v) is 2.72. The summed E-state index contributed by atoms with van der Waals surface area (Å²) in [6.07, 6.45) is -4.45. The van der Waals surface area contributed by atoms with Crippen LogP contribution in [-0.4, -0.2) is 25.7 Å². The third kappa shape index (κ3) is 7.28. The van der Waals surface area contributed by atoms with Gasteiger partial charge in [0.25, 0.3) is 0 Å². The third-order valence-electron chi connectivity index (χ3n) is 2.72. The normalized spacial score (nSPS) is 12.4. The van der Waals surface area contributed by atoms with Gasteiger partial charge in [-0.15, -0.1) is 24.0 Å². The van der Waals surface area contributed by atoms with Gasteiger partial charge < -0.3 is 15.4 Å². The van der Waals surface area contributed by atoms with Crippen LogP contribution in [0, 0.1) is 0 Å². The molecule has 0 heterocycles. The van der Waals surface area contributed by atoms with Crippen LogP contribution in [0.1, 0.15) is 31.9 Å². The van der Waals surface area contributed by atoms with Gasteiger partial charge in [-0.3, -0.25) is 4.99 Å². The van der Waals surface area contributed by atoms with Crippen molar-refractivity contribution in [1.82, 2.24) is 10.6 Å². The minimum absolute atomic E-state index is 0. The van der Waals surface area contributed by atoms with Gasteiger partial charge >= 0.3 is 6.18 Å². The van der Waals surface area contributed by atoms with E-state index in [0.717, 1.165) is 6.07 Å². The van der Waals surface area contributed by atoms with Crippen LogP contribution in [-0.2, 0) is 12.7 Å². The highest BCUT2D eigenvalue weighted by molar-refractivity contribution is 14.0. The molecule has 2 N–H and O–H groups in total. The van der Waals surface area contributed by atoms with E-state index in [9.17, 15) is 13.2 Å². The molecule has 0 saturated carbocycles. The van der Waals surface area contributed by atoms with Crippen LogP contribution in [0.3, 0.4) is 0 Å². The van der Waals surface area contributed by atoms with Crippen molar-refractivity contribution in [3.63, 3.8) is 0 Å². The van der Waals surface area contributed by atoms with Crippen LogP contribution in [0.5, 0.6) is 5.75 Å². The maximum atomic E-state index is 13.2. The summed E-state index contributed by atoms with van der Waals surface area (Å²) in [4.78, 5) is 3.87. The number of hydrogen-bond acceptors (Lipinski definition) is 2. The summed E-state index contributed by atoms with van der Waals surface area (Å²) in [5.41, 5.74) is -1.14. The largest absolute Gasteiger partial charge is 0.488 e. The van der Waals surface area contributed by atoms with E-state index in [1.165, 1.54) is 6.07 Å². The minimum atomic E-state index is -4.45. The van der Waals surface area contributed by atoms with Gasteiger partial charge in [0.1, 0.15) is 11.4 Å². The van der Waals surface area contributed by atoms with Crippen LogP contribution in [0.4, 0.5) is 13.2 Å². The SMILES string of the molecule is CN=C(NC)NCc1ccc(OC(C)(C)C)cc1C(F)(F)F.I. The molecular formula is C15H23F3IN3O. The molecular weight excluding hydrogens is 422 g/mol. The molecule has 0 atom stereocenters. The van der Waals surface area contributed by atoms with E-state index in [1.54, 1.807) is 40.9 Å². The fourth-order valence-electron chi connectivity index (χ4n) is 1.85. The Morgan fingerprint density at radius 3 is 2.26 bits per heavy atom. The zero-order chi connectivity index (χ0) is 17.0. The standard InChI is InChI=1S/C15H22F3N3O.HI/c1-14(2,3)22-11-7-6-10(9-21-13(19-4)20-5)12(8-11)15(16,17)18;/h6-8H,9H2,1-5H3,(H2,19,20,21);1H. The Labute approximate surface area is 151 Å². The molecule has 8 heteroatoms. The van der Waals surface area contributed by atoms with Crippen LogP contribution in [0.25, 0.3) is 0 Å². The van der Waals surface area contributed by atoms with Crippen molar-refractivity contribution in [3.8, 4) is 5.75 Å². The molecule has 0 aliphatic carbocycles. The smallest absolute Gasteiger partial charge is 0.416 e. The highest BCUT2D eigenvalue weighted by Crippen LogP contribution is 2.35. The number of alkyl halides is 3. The summed E-state index contributed by atoms with van der Waals surface area (Å²) in [5, 5.41) is 5.57. The van der Waals surface area contributed by atoms with Gasteiger partial charge in [0.05, 0.1) is 5.56 Å². The van der Waals surface area contributed by atoms with Crippen molar-refractivity contribution < 1.29 is 17.9 Å². The van der Waals surface area contributed by atoms with Crippen LogP contribution < -0.4 is 15.4 Å². The molecule has 0 saturated heterocycles. The van der Waals surface area contributed by atoms with Gasteiger partial charge in [-0.1, -0.05) is 6.07 Å². The van der Waals surface area contributed by atoms with E-state index in [4.69, 9.17) is 4.74 Å². The first-order valence-electron chi connectivity index (χ1n) is 6.84. The monoisotopic (exact) mass is 445 g/mol. The lowest BCUT2D eigenvalue weighted by Crippen LogP contribution is -2.34. The Morgan fingerprint density at radius 1 is 1.22 bits per heavy atom. The molecule has 0 aliphatic rings. The molecule has 0 aromatic heterocycles. The Balaban J connectivity index is 0.00000484. The maximum Gasteiger partial charge on any atom is 0.416 e. The van der Waals surface area contributed by atoms with Crippen LogP contribution in [0.15, 0.2) is 23.2 Å². The quantitative estimate of drug-likeness (QED) is 0.423. The predicted molar refractivity (Wildman–Crippen MR) is 96.5 cm³/mol. The molecule has 0 bridgehead atoms.